The Morgan fingerprint density at radius 3 is 0.470 bits per heavy atom. The molecular weight excluding hydrogens is 1700 g/mol. The highest BCUT2D eigenvalue weighted by molar-refractivity contribution is 5.82. The molecule has 4 aromatic carbocycles. The molecule has 0 spiro atoms. The fourth-order valence-electron chi connectivity index (χ4n) is 11.7. The van der Waals surface area contributed by atoms with E-state index in [9.17, 15) is 75.0 Å². The SMILES string of the molecule is C1=CCC=C1.C1=CCC=C1.CC.CC.CC.CC.CC.CC.CC.CC.CC.CC.CCC(=O)NC1[C@@H](O)[C@@H](O)C(CO)O[C@@H]1C.CCC(=O)NC1[C@@H](O)[C@@H](O)C(CO)O[C@@H]1C.CCC(=O)NC1[C@@H](O)[C@@H](O)C(CO)O[C@@H]1C.CCC(=O)NC1[C@@H](O)[C@@H](O)C(CO)O[C@@H]1C.CCC(=O)NC1[C@@H](O)[C@@H](O)C(CO)O[C@@H]1C.c1ccc2ccccc2c1.c1ccccc1.c1ccccc1. The summed E-state index contributed by atoms with van der Waals surface area (Å²) in [5, 5.41) is 157. The summed E-state index contributed by atoms with van der Waals surface area (Å²) in [6.45, 7) is 55.1. The van der Waals surface area contributed by atoms with E-state index in [4.69, 9.17) is 49.2 Å². The van der Waals surface area contributed by atoms with E-state index < -0.39 is 152 Å². The van der Waals surface area contributed by atoms with Gasteiger partial charge in [0.05, 0.1) is 93.8 Å². The van der Waals surface area contributed by atoms with Crippen molar-refractivity contribution in [3.8, 4) is 0 Å². The van der Waals surface area contributed by atoms with Crippen LogP contribution in [-0.2, 0) is 47.7 Å². The smallest absolute Gasteiger partial charge is 0.220 e. The first-order chi connectivity index (χ1) is 63.5. The first kappa shape index (κ1) is 142. The van der Waals surface area contributed by atoms with E-state index in [0.29, 0.717) is 32.1 Å². The van der Waals surface area contributed by atoms with E-state index in [-0.39, 0.29) is 62.6 Å². The second-order valence-electron chi connectivity index (χ2n) is 26.8. The molecule has 4 aromatic rings. The number of allylic oxidation sites excluding steroid dienone is 8. The number of amides is 5. The Balaban J connectivity index is -0.000000181. The molecule has 770 valence electrons. The molecule has 0 bridgehead atoms. The third-order valence-corrected chi connectivity index (χ3v) is 18.4. The van der Waals surface area contributed by atoms with Gasteiger partial charge in [0.15, 0.2) is 0 Å². The molecule has 5 amide bonds. The molecule has 25 atom stereocenters. The van der Waals surface area contributed by atoms with Gasteiger partial charge in [0.2, 0.25) is 29.5 Å². The molecule has 7 aliphatic rings. The third kappa shape index (κ3) is 60.9. The van der Waals surface area contributed by atoms with Crippen LogP contribution in [0, 0.1) is 0 Å². The van der Waals surface area contributed by atoms with E-state index in [1.165, 1.54) is 10.8 Å². The van der Waals surface area contributed by atoms with Crippen molar-refractivity contribution in [2.75, 3.05) is 33.0 Å². The second-order valence-corrected chi connectivity index (χ2v) is 26.8. The average Bonchev–Trinajstić information content (AvgIpc) is 1.10. The number of rotatable bonds is 15. The zero-order chi connectivity index (χ0) is 104. The molecule has 5 saturated heterocycles. The lowest BCUT2D eigenvalue weighted by molar-refractivity contribution is -0.190. The predicted octanol–water partition coefficient (Wildman–Crippen LogP) is 11.4. The van der Waals surface area contributed by atoms with Crippen LogP contribution < -0.4 is 26.6 Å². The molecule has 10 unspecified atom stereocenters. The number of benzene rings is 4. The van der Waals surface area contributed by atoms with Crippen LogP contribution in [0.5, 0.6) is 0 Å². The number of aliphatic hydroxyl groups excluding tert-OH is 15. The first-order valence-corrected chi connectivity index (χ1v) is 48.2. The molecule has 5 aliphatic heterocycles. The van der Waals surface area contributed by atoms with Crippen LogP contribution in [0.4, 0.5) is 0 Å². The van der Waals surface area contributed by atoms with E-state index >= 15 is 0 Å². The predicted molar refractivity (Wildman–Crippen MR) is 534 cm³/mol. The molecule has 30 heteroatoms. The van der Waals surface area contributed by atoms with Gasteiger partial charge in [-0.15, -0.1) is 0 Å². The normalized spacial score (nSPS) is 27.2. The van der Waals surface area contributed by atoms with E-state index in [2.05, 4.69) is 124 Å². The number of hydrogen-bond acceptors (Lipinski definition) is 25. The van der Waals surface area contributed by atoms with E-state index in [1.54, 1.807) is 69.2 Å². The van der Waals surface area contributed by atoms with Crippen LogP contribution in [0.2, 0.25) is 0 Å². The summed E-state index contributed by atoms with van der Waals surface area (Å²) in [7, 11) is 0. The van der Waals surface area contributed by atoms with Crippen LogP contribution in [-0.4, -0.2) is 291 Å². The lowest BCUT2D eigenvalue weighted by atomic mass is 9.93. The summed E-state index contributed by atoms with van der Waals surface area (Å²) in [5.41, 5.74) is 0. The van der Waals surface area contributed by atoms with Gasteiger partial charge in [-0.05, 0) is 58.2 Å². The highest BCUT2D eigenvalue weighted by Crippen LogP contribution is 2.26. The second kappa shape index (κ2) is 96.8. The Morgan fingerprint density at radius 1 is 0.242 bits per heavy atom. The maximum atomic E-state index is 11.2. The number of carbonyl (C=O) groups excluding carboxylic acids is 5. The number of ether oxygens (including phenoxy) is 5. The Morgan fingerprint density at radius 2 is 0.371 bits per heavy atom. The number of nitrogens with one attached hydrogen (secondary N) is 5. The quantitative estimate of drug-likeness (QED) is 0.0525. The zero-order valence-corrected chi connectivity index (χ0v) is 85.9. The largest absolute Gasteiger partial charge is 0.394 e. The summed E-state index contributed by atoms with van der Waals surface area (Å²) < 4.78 is 26.5. The third-order valence-electron chi connectivity index (χ3n) is 18.4. The maximum absolute atomic E-state index is 11.2. The fourth-order valence-corrected chi connectivity index (χ4v) is 11.7. The molecule has 0 aromatic heterocycles. The molecule has 0 radical (unpaired) electrons. The first-order valence-electron chi connectivity index (χ1n) is 48.2. The molecule has 132 heavy (non-hydrogen) atoms. The van der Waals surface area contributed by atoms with Gasteiger partial charge < -0.3 is 127 Å². The van der Waals surface area contributed by atoms with Crippen molar-refractivity contribution in [3.63, 3.8) is 0 Å². The van der Waals surface area contributed by atoms with Crippen molar-refractivity contribution in [1.29, 1.82) is 0 Å². The van der Waals surface area contributed by atoms with Crippen LogP contribution >= 0.6 is 0 Å². The lowest BCUT2D eigenvalue weighted by Crippen LogP contribution is -2.63. The van der Waals surface area contributed by atoms with Crippen molar-refractivity contribution in [2.24, 2.45) is 0 Å². The van der Waals surface area contributed by atoms with Crippen LogP contribution in [0.3, 0.4) is 0 Å². The van der Waals surface area contributed by atoms with Gasteiger partial charge in [0, 0.05) is 32.1 Å². The minimum Gasteiger partial charge on any atom is -0.394 e. The number of fused-ring (bicyclic) bond motifs is 1. The van der Waals surface area contributed by atoms with Crippen molar-refractivity contribution >= 4 is 40.3 Å². The highest BCUT2D eigenvalue weighted by atomic mass is 16.6. The summed E-state index contributed by atoms with van der Waals surface area (Å²) in [6.07, 6.45) is 2.61. The molecule has 20 N–H and O–H groups in total. The van der Waals surface area contributed by atoms with Gasteiger partial charge in [-0.25, -0.2) is 0 Å². The van der Waals surface area contributed by atoms with Gasteiger partial charge >= 0.3 is 0 Å². The van der Waals surface area contributed by atoms with Crippen molar-refractivity contribution in [1.82, 2.24) is 26.6 Å². The number of aliphatic hydroxyl groups is 15. The Kier molecular flexibility index (Phi) is 104. The van der Waals surface area contributed by atoms with E-state index in [0.717, 1.165) is 12.8 Å². The summed E-state index contributed by atoms with van der Waals surface area (Å²) in [5.74, 6) is -1.07. The average molecular weight is 1880 g/mol. The van der Waals surface area contributed by atoms with Gasteiger partial charge in [-0.2, -0.15) is 0 Å². The Bertz CT molecular complexity index is 2830. The Hall–Kier alpha value is -7.35. The fraction of sp³-hybridized carbons (Fsp3) is 0.657. The van der Waals surface area contributed by atoms with Crippen molar-refractivity contribution < 1.29 is 124 Å². The van der Waals surface area contributed by atoms with Gasteiger partial charge in [-0.3, -0.25) is 24.0 Å². The molecule has 11 rings (SSSR count). The number of carbonyl (C=O) groups is 5. The molecular formula is C102H187N5O25. The molecule has 30 nitrogen and oxygen atoms in total. The van der Waals surface area contributed by atoms with Gasteiger partial charge in [0.25, 0.3) is 0 Å². The molecule has 2 aliphatic carbocycles. The summed E-state index contributed by atoms with van der Waals surface area (Å²) >= 11 is 0. The monoisotopic (exact) mass is 1880 g/mol. The molecule has 0 saturated carbocycles. The maximum Gasteiger partial charge on any atom is 0.220 e. The van der Waals surface area contributed by atoms with Crippen molar-refractivity contribution in [3.05, 3.63) is 170 Å². The van der Waals surface area contributed by atoms with E-state index in [1.807, 2.05) is 211 Å². The Labute approximate surface area is 795 Å². The van der Waals surface area contributed by atoms with Gasteiger partial charge in [-0.1, -0.05) is 343 Å². The standard InChI is InChI=1S/5C10H19NO5.C10H8.2C6H6.2C5H6.10C2H6/c5*1-3-7(13)11-8-5(2)16-6(4-12)9(14)10(8)15;1-2-6-10-8-4-3-7-9(10)5-1;2*1-2-4-6-5-3-1;2*1-2-4-5-3-1;10*1-2/h5*5-6,8-10,12,14-15H,3-4H2,1-2H3,(H,11,13);1-8H;2*1-6H;2*1-4H,5H2;10*1-2H3/t5*5-,6?,8?,9+,10-;;;;;;;;;;;;;;;/m11111.............../s1. The summed E-state index contributed by atoms with van der Waals surface area (Å²) in [6, 6.07) is 37.5. The van der Waals surface area contributed by atoms with Crippen LogP contribution in [0.1, 0.15) is 253 Å². The van der Waals surface area contributed by atoms with Crippen LogP contribution in [0.15, 0.2) is 170 Å². The molecule has 5 heterocycles. The topological polar surface area (TPSA) is 495 Å². The lowest BCUT2D eigenvalue weighted by Gasteiger charge is -2.41. The minimum absolute atomic E-state index is 0.214. The number of hydrogen-bond donors (Lipinski definition) is 20. The molecule has 5 fully saturated rings. The zero-order valence-electron chi connectivity index (χ0n) is 85.9. The van der Waals surface area contributed by atoms with Crippen LogP contribution in [0.25, 0.3) is 10.8 Å². The minimum atomic E-state index is -1.19. The highest BCUT2D eigenvalue weighted by Gasteiger charge is 2.47. The van der Waals surface area contributed by atoms with Crippen molar-refractivity contribution in [2.45, 2.75) is 405 Å². The van der Waals surface area contributed by atoms with Gasteiger partial charge in [0.1, 0.15) is 91.6 Å². The summed E-state index contributed by atoms with van der Waals surface area (Å²) in [4.78, 5) is 56.1.